The number of hydrogen-bond donors (Lipinski definition) is 2. The van der Waals surface area contributed by atoms with Gasteiger partial charge in [0.2, 0.25) is 0 Å². The van der Waals surface area contributed by atoms with E-state index < -0.39 is 11.8 Å². The number of nitrogens with zero attached hydrogens (tertiary/aromatic N) is 4. The molecule has 0 unspecified atom stereocenters. The molecule has 2 saturated heterocycles. The number of amides is 2. The smallest absolute Gasteiger partial charge is 0.267 e. The molecular formula is C29H33Cl3N6O3S. The molecule has 9 nitrogen and oxygen atoms in total. The summed E-state index contributed by atoms with van der Waals surface area (Å²) in [6.07, 6.45) is 3.97. The average molecular weight is 652 g/mol. The van der Waals surface area contributed by atoms with Crippen molar-refractivity contribution in [2.75, 3.05) is 75.1 Å². The Morgan fingerprint density at radius 2 is 1.79 bits per heavy atom. The fourth-order valence-corrected chi connectivity index (χ4v) is 6.66. The molecule has 42 heavy (non-hydrogen) atoms. The molecule has 2 amide bonds. The average Bonchev–Trinajstić information content (AvgIpc) is 3.64. The molecule has 2 aliphatic rings. The SMILES string of the molecule is CN(CCN1CCCC1)Cc1csc(C(=O)Nc2c(C(=O)Nc3ccc(Cl)cn3)cc(Cl)cc2N2CCOCC2)c1Cl. The molecule has 0 aliphatic carbocycles. The molecule has 2 aromatic heterocycles. The molecule has 13 heteroatoms. The van der Waals surface area contributed by atoms with Crippen LogP contribution in [0.25, 0.3) is 0 Å². The third-order valence-electron chi connectivity index (χ3n) is 7.33. The van der Waals surface area contributed by atoms with Crippen LogP contribution in [0.1, 0.15) is 38.4 Å². The normalized spacial score (nSPS) is 15.8. The van der Waals surface area contributed by atoms with Crippen LogP contribution in [0.15, 0.2) is 35.8 Å². The van der Waals surface area contributed by atoms with Crippen LogP contribution in [-0.2, 0) is 11.3 Å². The summed E-state index contributed by atoms with van der Waals surface area (Å²) in [5, 5.41) is 8.91. The van der Waals surface area contributed by atoms with Crippen molar-refractivity contribution in [3.8, 4) is 0 Å². The van der Waals surface area contributed by atoms with Gasteiger partial charge in [0.15, 0.2) is 0 Å². The summed E-state index contributed by atoms with van der Waals surface area (Å²) in [4.78, 5) is 38.5. The van der Waals surface area contributed by atoms with Gasteiger partial charge >= 0.3 is 0 Å². The highest BCUT2D eigenvalue weighted by Gasteiger charge is 2.26. The van der Waals surface area contributed by atoms with E-state index in [0.29, 0.717) is 70.0 Å². The molecule has 3 aromatic rings. The molecule has 0 bridgehead atoms. The van der Waals surface area contributed by atoms with Crippen molar-refractivity contribution in [2.45, 2.75) is 19.4 Å². The number of anilines is 3. The molecule has 4 heterocycles. The molecule has 0 radical (unpaired) electrons. The Labute approximate surface area is 264 Å². The Balaban J connectivity index is 1.38. The quantitative estimate of drug-likeness (QED) is 0.279. The molecule has 0 spiro atoms. The number of ether oxygens (including phenoxy) is 1. The zero-order chi connectivity index (χ0) is 29.6. The second-order valence-electron chi connectivity index (χ2n) is 10.4. The summed E-state index contributed by atoms with van der Waals surface area (Å²) in [7, 11) is 2.06. The standard InChI is InChI=1S/C29H33Cl3N6O3S/c1-36(8-9-37-6-2-3-7-37)17-19-18-42-27(25(19)32)29(40)35-26-22(28(39)34-24-5-4-20(30)16-33-24)14-21(31)15-23(26)38-10-12-41-13-11-38/h4-5,14-16,18H,2-3,6-13,17H2,1H3,(H,35,40)(H,33,34,39). The lowest BCUT2D eigenvalue weighted by atomic mass is 10.1. The number of hydrogen-bond acceptors (Lipinski definition) is 8. The number of aromatic nitrogens is 1. The third-order valence-corrected chi connectivity index (χ3v) is 9.34. The highest BCUT2D eigenvalue weighted by molar-refractivity contribution is 7.13. The number of morpholine rings is 1. The number of likely N-dealkylation sites (N-methyl/N-ethyl adjacent to an activating group) is 1. The summed E-state index contributed by atoms with van der Waals surface area (Å²) in [6.45, 7) is 7.08. The first-order chi connectivity index (χ1) is 20.3. The van der Waals surface area contributed by atoms with Gasteiger partial charge < -0.3 is 30.1 Å². The van der Waals surface area contributed by atoms with Crippen LogP contribution in [0.5, 0.6) is 0 Å². The lowest BCUT2D eigenvalue weighted by molar-refractivity contribution is 0.102. The van der Waals surface area contributed by atoms with E-state index in [2.05, 4.69) is 32.5 Å². The number of thiophene rings is 1. The third kappa shape index (κ3) is 7.74. The van der Waals surface area contributed by atoms with Crippen LogP contribution >= 0.6 is 46.1 Å². The number of carbonyl (C=O) groups is 2. The molecule has 0 atom stereocenters. The lowest BCUT2D eigenvalue weighted by Crippen LogP contribution is -2.37. The largest absolute Gasteiger partial charge is 0.378 e. The Kier molecular flexibility index (Phi) is 10.6. The Bertz CT molecular complexity index is 1410. The number of carbonyl (C=O) groups excluding carboxylic acids is 2. The lowest BCUT2D eigenvalue weighted by Gasteiger charge is -2.31. The zero-order valence-corrected chi connectivity index (χ0v) is 26.4. The van der Waals surface area contributed by atoms with Gasteiger partial charge in [-0.2, -0.15) is 0 Å². The number of pyridine rings is 1. The van der Waals surface area contributed by atoms with Gasteiger partial charge in [-0.15, -0.1) is 11.3 Å². The van der Waals surface area contributed by atoms with E-state index in [1.807, 2.05) is 10.3 Å². The highest BCUT2D eigenvalue weighted by Crippen LogP contribution is 2.36. The van der Waals surface area contributed by atoms with Gasteiger partial charge in [0.1, 0.15) is 10.7 Å². The molecule has 5 rings (SSSR count). The number of benzene rings is 1. The van der Waals surface area contributed by atoms with Gasteiger partial charge in [-0.25, -0.2) is 4.98 Å². The van der Waals surface area contributed by atoms with E-state index in [-0.39, 0.29) is 5.56 Å². The minimum absolute atomic E-state index is 0.198. The van der Waals surface area contributed by atoms with Crippen LogP contribution in [0.4, 0.5) is 17.2 Å². The van der Waals surface area contributed by atoms with Crippen molar-refractivity contribution in [3.05, 3.63) is 66.9 Å². The second-order valence-corrected chi connectivity index (χ2v) is 12.5. The summed E-state index contributed by atoms with van der Waals surface area (Å²) >= 11 is 20.5. The minimum atomic E-state index is -0.477. The fraction of sp³-hybridized carbons (Fsp3) is 0.414. The van der Waals surface area contributed by atoms with E-state index in [1.54, 1.807) is 18.2 Å². The van der Waals surface area contributed by atoms with E-state index in [1.165, 1.54) is 36.4 Å². The van der Waals surface area contributed by atoms with Crippen molar-refractivity contribution in [1.29, 1.82) is 0 Å². The van der Waals surface area contributed by atoms with E-state index in [4.69, 9.17) is 39.5 Å². The molecular weight excluding hydrogens is 619 g/mol. The van der Waals surface area contributed by atoms with E-state index >= 15 is 0 Å². The summed E-state index contributed by atoms with van der Waals surface area (Å²) in [5.74, 6) is -0.560. The first-order valence-corrected chi connectivity index (χ1v) is 15.9. The molecule has 1 aromatic carbocycles. The monoisotopic (exact) mass is 650 g/mol. The zero-order valence-electron chi connectivity index (χ0n) is 23.3. The Hall–Kier alpha value is -2.44. The van der Waals surface area contributed by atoms with Crippen LogP contribution in [0.3, 0.4) is 0 Å². The van der Waals surface area contributed by atoms with Gasteiger partial charge in [0.25, 0.3) is 11.8 Å². The maximum absolute atomic E-state index is 13.7. The molecule has 224 valence electrons. The predicted molar refractivity (Wildman–Crippen MR) is 171 cm³/mol. The van der Waals surface area contributed by atoms with Crippen LogP contribution in [0, 0.1) is 0 Å². The number of rotatable bonds is 10. The van der Waals surface area contributed by atoms with Crippen molar-refractivity contribution in [3.63, 3.8) is 0 Å². The van der Waals surface area contributed by atoms with Crippen molar-refractivity contribution in [2.24, 2.45) is 0 Å². The fourth-order valence-electron chi connectivity index (χ4n) is 5.09. The Morgan fingerprint density at radius 1 is 1.02 bits per heavy atom. The van der Waals surface area contributed by atoms with Crippen molar-refractivity contribution < 1.29 is 14.3 Å². The summed E-state index contributed by atoms with van der Waals surface area (Å²) < 4.78 is 5.52. The van der Waals surface area contributed by atoms with Gasteiger partial charge in [0, 0.05) is 43.9 Å². The first-order valence-electron chi connectivity index (χ1n) is 13.9. The highest BCUT2D eigenvalue weighted by atomic mass is 35.5. The van der Waals surface area contributed by atoms with E-state index in [9.17, 15) is 9.59 Å². The number of likely N-dealkylation sites (tertiary alicyclic amines) is 1. The topological polar surface area (TPSA) is 90.0 Å². The minimum Gasteiger partial charge on any atom is -0.378 e. The van der Waals surface area contributed by atoms with Crippen molar-refractivity contribution in [1.82, 2.24) is 14.8 Å². The second kappa shape index (κ2) is 14.4. The van der Waals surface area contributed by atoms with Gasteiger partial charge in [-0.05, 0) is 68.2 Å². The first kappa shape index (κ1) is 31.0. The molecule has 0 saturated carbocycles. The number of halogens is 3. The van der Waals surface area contributed by atoms with Crippen LogP contribution in [0.2, 0.25) is 15.1 Å². The molecule has 2 N–H and O–H groups in total. The van der Waals surface area contributed by atoms with Crippen LogP contribution in [-0.4, -0.2) is 86.1 Å². The van der Waals surface area contributed by atoms with Crippen LogP contribution < -0.4 is 15.5 Å². The number of nitrogens with one attached hydrogen (secondary N) is 2. The Morgan fingerprint density at radius 3 is 2.50 bits per heavy atom. The van der Waals surface area contributed by atoms with Gasteiger partial charge in [-0.3, -0.25) is 9.59 Å². The van der Waals surface area contributed by atoms with Crippen molar-refractivity contribution >= 4 is 75.1 Å². The molecule has 2 aliphatic heterocycles. The maximum atomic E-state index is 13.7. The maximum Gasteiger partial charge on any atom is 0.267 e. The molecule has 2 fully saturated rings. The summed E-state index contributed by atoms with van der Waals surface area (Å²) in [6, 6.07) is 6.50. The van der Waals surface area contributed by atoms with Gasteiger partial charge in [-0.1, -0.05) is 34.8 Å². The van der Waals surface area contributed by atoms with E-state index in [0.717, 1.165) is 31.7 Å². The predicted octanol–water partition coefficient (Wildman–Crippen LogP) is 5.97. The van der Waals surface area contributed by atoms with Gasteiger partial charge in [0.05, 0.1) is 40.2 Å². The summed E-state index contributed by atoms with van der Waals surface area (Å²) in [5.41, 5.74) is 2.06.